The smallest absolute Gasteiger partial charge is 0.223 e. The number of carbonyl (C=O) groups excluding carboxylic acids is 1. The van der Waals surface area contributed by atoms with Crippen LogP contribution in [0.15, 0.2) is 35.3 Å². The van der Waals surface area contributed by atoms with Crippen LogP contribution in [-0.2, 0) is 4.79 Å². The van der Waals surface area contributed by atoms with Crippen molar-refractivity contribution in [2.45, 2.75) is 6.42 Å². The van der Waals surface area contributed by atoms with Gasteiger partial charge in [0.2, 0.25) is 5.91 Å². The lowest BCUT2D eigenvalue weighted by atomic mass is 10.3. The molecule has 0 fully saturated rings. The van der Waals surface area contributed by atoms with E-state index >= 15 is 0 Å². The Labute approximate surface area is 132 Å². The first-order valence-corrected chi connectivity index (χ1v) is 7.34. The monoisotopic (exact) mass is 306 g/mol. The van der Waals surface area contributed by atoms with Crippen LogP contribution in [0.1, 0.15) is 6.42 Å². The second-order valence-corrected chi connectivity index (χ2v) is 5.10. The lowest BCUT2D eigenvalue weighted by molar-refractivity contribution is -0.128. The van der Waals surface area contributed by atoms with Gasteiger partial charge in [-0.25, -0.2) is 0 Å². The zero-order valence-corrected chi connectivity index (χ0v) is 13.9. The average molecular weight is 306 g/mol. The second kappa shape index (κ2) is 9.65. The number of benzene rings is 1. The average Bonchev–Trinajstić information content (AvgIpc) is 2.52. The number of hydrogen-bond donors (Lipinski definition) is 1. The summed E-state index contributed by atoms with van der Waals surface area (Å²) in [5.74, 6) is 1.71. The molecule has 0 saturated carbocycles. The molecule has 0 unspecified atom stereocenters. The summed E-state index contributed by atoms with van der Waals surface area (Å²) < 4.78 is 5.66. The summed E-state index contributed by atoms with van der Waals surface area (Å²) in [5, 5.41) is 3.18. The van der Waals surface area contributed by atoms with Gasteiger partial charge in [0.25, 0.3) is 0 Å². The minimum Gasteiger partial charge on any atom is -0.492 e. The van der Waals surface area contributed by atoms with E-state index in [2.05, 4.69) is 10.3 Å². The van der Waals surface area contributed by atoms with Gasteiger partial charge >= 0.3 is 0 Å². The van der Waals surface area contributed by atoms with Gasteiger partial charge in [0, 0.05) is 41.2 Å². The van der Waals surface area contributed by atoms with Crippen molar-refractivity contribution >= 4 is 11.9 Å². The summed E-state index contributed by atoms with van der Waals surface area (Å²) in [7, 11) is 7.18. The van der Waals surface area contributed by atoms with E-state index < -0.39 is 0 Å². The lowest BCUT2D eigenvalue weighted by Gasteiger charge is -2.22. The van der Waals surface area contributed by atoms with Crippen LogP contribution in [0.2, 0.25) is 0 Å². The number of para-hydroxylation sites is 1. The van der Waals surface area contributed by atoms with E-state index in [0.717, 1.165) is 11.7 Å². The van der Waals surface area contributed by atoms with Gasteiger partial charge in [-0.1, -0.05) is 18.2 Å². The minimum absolute atomic E-state index is 0.0954. The molecule has 0 aromatic heterocycles. The number of aliphatic imine (C=N–C) groups is 1. The third-order valence-corrected chi connectivity index (χ3v) is 3.13. The first-order chi connectivity index (χ1) is 10.5. The van der Waals surface area contributed by atoms with Crippen LogP contribution in [0.5, 0.6) is 5.75 Å². The van der Waals surface area contributed by atoms with Gasteiger partial charge in [0.15, 0.2) is 5.96 Å². The Morgan fingerprint density at radius 3 is 2.50 bits per heavy atom. The standard InChI is InChI=1S/C16H26N4O2/c1-17-16(18-11-10-15(21)19(2)3)20(4)12-13-22-14-8-6-5-7-9-14/h5-9H,10-13H2,1-4H3,(H,17,18). The molecule has 0 aliphatic heterocycles. The van der Waals surface area contributed by atoms with Crippen molar-refractivity contribution in [3.8, 4) is 5.75 Å². The highest BCUT2D eigenvalue weighted by Gasteiger charge is 2.08. The molecule has 0 saturated heterocycles. The molecule has 6 nitrogen and oxygen atoms in total. The SMILES string of the molecule is CN=C(NCCC(=O)N(C)C)N(C)CCOc1ccccc1. The van der Waals surface area contributed by atoms with Crippen LogP contribution in [-0.4, -0.2) is 69.6 Å². The van der Waals surface area contributed by atoms with Gasteiger partial charge in [-0.2, -0.15) is 0 Å². The highest BCUT2D eigenvalue weighted by molar-refractivity contribution is 5.81. The van der Waals surface area contributed by atoms with E-state index in [9.17, 15) is 4.79 Å². The number of guanidine groups is 1. The Morgan fingerprint density at radius 2 is 1.91 bits per heavy atom. The maximum Gasteiger partial charge on any atom is 0.223 e. The highest BCUT2D eigenvalue weighted by Crippen LogP contribution is 2.07. The van der Waals surface area contributed by atoms with Crippen molar-refractivity contribution in [1.29, 1.82) is 0 Å². The van der Waals surface area contributed by atoms with Gasteiger partial charge in [0.1, 0.15) is 12.4 Å². The molecule has 0 heterocycles. The van der Waals surface area contributed by atoms with Gasteiger partial charge in [-0.05, 0) is 12.1 Å². The first-order valence-electron chi connectivity index (χ1n) is 7.34. The van der Waals surface area contributed by atoms with Crippen molar-refractivity contribution in [2.75, 3.05) is 47.9 Å². The molecule has 0 spiro atoms. The Bertz CT molecular complexity index is 474. The molecule has 1 aromatic carbocycles. The molecule has 0 aliphatic rings. The van der Waals surface area contributed by atoms with Crippen molar-refractivity contribution in [3.05, 3.63) is 30.3 Å². The summed E-state index contributed by atoms with van der Waals surface area (Å²) in [6, 6.07) is 9.71. The Balaban J connectivity index is 2.29. The lowest BCUT2D eigenvalue weighted by Crippen LogP contribution is -2.42. The number of carbonyl (C=O) groups is 1. The van der Waals surface area contributed by atoms with Gasteiger partial charge in [-0.3, -0.25) is 9.79 Å². The van der Waals surface area contributed by atoms with E-state index in [0.29, 0.717) is 26.1 Å². The zero-order chi connectivity index (χ0) is 16.4. The number of ether oxygens (including phenoxy) is 1. The van der Waals surface area contributed by atoms with Crippen LogP contribution < -0.4 is 10.1 Å². The summed E-state index contributed by atoms with van der Waals surface area (Å²) in [6.07, 6.45) is 0.445. The van der Waals surface area contributed by atoms with Crippen LogP contribution in [0.25, 0.3) is 0 Å². The Hall–Kier alpha value is -2.24. The Kier molecular flexibility index (Phi) is 7.81. The highest BCUT2D eigenvalue weighted by atomic mass is 16.5. The summed E-state index contributed by atoms with van der Waals surface area (Å²) >= 11 is 0. The third-order valence-electron chi connectivity index (χ3n) is 3.13. The van der Waals surface area contributed by atoms with Crippen LogP contribution >= 0.6 is 0 Å². The first kappa shape index (κ1) is 17.8. The van der Waals surface area contributed by atoms with Gasteiger partial charge in [-0.15, -0.1) is 0 Å². The third kappa shape index (κ3) is 6.47. The van der Waals surface area contributed by atoms with E-state index in [1.165, 1.54) is 0 Å². The summed E-state index contributed by atoms with van der Waals surface area (Å²) in [6.45, 7) is 1.83. The van der Waals surface area contributed by atoms with E-state index in [4.69, 9.17) is 4.74 Å². The maximum atomic E-state index is 11.5. The van der Waals surface area contributed by atoms with E-state index in [-0.39, 0.29) is 5.91 Å². The minimum atomic E-state index is 0.0954. The number of nitrogens with one attached hydrogen (secondary N) is 1. The van der Waals surface area contributed by atoms with Crippen LogP contribution in [0.4, 0.5) is 0 Å². The number of hydrogen-bond acceptors (Lipinski definition) is 3. The normalized spacial score (nSPS) is 11.0. The molecule has 0 atom stereocenters. The number of nitrogens with zero attached hydrogens (tertiary/aromatic N) is 3. The molecule has 0 bridgehead atoms. The molecular formula is C16H26N4O2. The summed E-state index contributed by atoms with van der Waals surface area (Å²) in [4.78, 5) is 19.3. The van der Waals surface area contributed by atoms with Crippen molar-refractivity contribution in [3.63, 3.8) is 0 Å². The predicted octanol–water partition coefficient (Wildman–Crippen LogP) is 1.05. The molecule has 1 N–H and O–H groups in total. The molecule has 1 rings (SSSR count). The molecule has 0 radical (unpaired) electrons. The van der Waals surface area contributed by atoms with Gasteiger partial charge < -0.3 is 19.9 Å². The van der Waals surface area contributed by atoms with Crippen molar-refractivity contribution < 1.29 is 9.53 Å². The van der Waals surface area contributed by atoms with Crippen LogP contribution in [0, 0.1) is 0 Å². The van der Waals surface area contributed by atoms with Gasteiger partial charge in [0.05, 0.1) is 6.54 Å². The largest absolute Gasteiger partial charge is 0.492 e. The Morgan fingerprint density at radius 1 is 1.23 bits per heavy atom. The van der Waals surface area contributed by atoms with Crippen molar-refractivity contribution in [2.24, 2.45) is 4.99 Å². The predicted molar refractivity (Wildman–Crippen MR) is 89.2 cm³/mol. The molecule has 6 heteroatoms. The molecule has 1 amide bonds. The maximum absolute atomic E-state index is 11.5. The fourth-order valence-corrected chi connectivity index (χ4v) is 1.81. The van der Waals surface area contributed by atoms with E-state index in [1.54, 1.807) is 26.0 Å². The molecule has 0 aliphatic carbocycles. The molecule has 22 heavy (non-hydrogen) atoms. The summed E-state index contributed by atoms with van der Waals surface area (Å²) in [5.41, 5.74) is 0. The van der Waals surface area contributed by atoms with Crippen molar-refractivity contribution in [1.82, 2.24) is 15.1 Å². The number of amides is 1. The quantitative estimate of drug-likeness (QED) is 0.604. The number of rotatable bonds is 7. The second-order valence-electron chi connectivity index (χ2n) is 5.10. The number of likely N-dealkylation sites (N-methyl/N-ethyl adjacent to an activating group) is 1. The molecule has 122 valence electrons. The fourth-order valence-electron chi connectivity index (χ4n) is 1.81. The zero-order valence-electron chi connectivity index (χ0n) is 13.9. The molecule has 1 aromatic rings. The van der Waals surface area contributed by atoms with Crippen LogP contribution in [0.3, 0.4) is 0 Å². The topological polar surface area (TPSA) is 57.2 Å². The fraction of sp³-hybridized carbons (Fsp3) is 0.500. The molecular weight excluding hydrogens is 280 g/mol. The van der Waals surface area contributed by atoms with E-state index in [1.807, 2.05) is 42.3 Å².